The van der Waals surface area contributed by atoms with E-state index in [2.05, 4.69) is 22.2 Å². The number of benzene rings is 1. The van der Waals surface area contributed by atoms with Gasteiger partial charge in [-0.3, -0.25) is 10.1 Å². The van der Waals surface area contributed by atoms with Crippen LogP contribution in [-0.4, -0.2) is 37.2 Å². The fourth-order valence-electron chi connectivity index (χ4n) is 1.76. The number of hydrogen-bond acceptors (Lipinski definition) is 4. The normalized spacial score (nSPS) is 10.6. The average Bonchev–Trinajstić information content (AvgIpc) is 2.56. The van der Waals surface area contributed by atoms with Crippen LogP contribution in [0, 0.1) is 10.1 Å². The van der Waals surface area contributed by atoms with Crippen LogP contribution in [0.5, 0.6) is 0 Å². The van der Waals surface area contributed by atoms with E-state index >= 15 is 0 Å². The van der Waals surface area contributed by atoms with Gasteiger partial charge in [0.2, 0.25) is 0 Å². The third-order valence-corrected chi connectivity index (χ3v) is 2.94. The molecule has 0 radical (unpaired) electrons. The number of non-ortho nitro benzene ring substituents is 1. The molecule has 0 saturated carbocycles. The summed E-state index contributed by atoms with van der Waals surface area (Å²) in [7, 11) is 0. The van der Waals surface area contributed by atoms with Crippen LogP contribution in [-0.2, 0) is 11.3 Å². The van der Waals surface area contributed by atoms with Gasteiger partial charge < -0.3 is 15.4 Å². The summed E-state index contributed by atoms with van der Waals surface area (Å²) in [5.74, 6) is 0.680. The first-order valence-corrected chi connectivity index (χ1v) is 7.61. The van der Waals surface area contributed by atoms with Crippen LogP contribution in [0.2, 0.25) is 0 Å². The van der Waals surface area contributed by atoms with E-state index in [1.165, 1.54) is 12.1 Å². The van der Waals surface area contributed by atoms with Crippen LogP contribution in [0.25, 0.3) is 0 Å². The van der Waals surface area contributed by atoms with E-state index in [-0.39, 0.29) is 29.7 Å². The smallest absolute Gasteiger partial charge is 0.269 e. The maximum atomic E-state index is 10.6. The van der Waals surface area contributed by atoms with Crippen molar-refractivity contribution in [2.75, 3.05) is 26.3 Å². The molecule has 0 fully saturated rings. The van der Waals surface area contributed by atoms with Gasteiger partial charge in [-0.2, -0.15) is 0 Å². The predicted molar refractivity (Wildman–Crippen MR) is 107 cm³/mol. The number of rotatable bonds is 10. The standard InChI is InChI=1S/C16H24N4O3.HI/c1-3-10-17-16(18-11-5-12-23-4-2)19-13-14-6-8-15(9-7-14)20(21)22;/h3,6-9H,1,4-5,10-13H2,2H3,(H2,17,18,19);1H. The molecule has 2 N–H and O–H groups in total. The first-order chi connectivity index (χ1) is 11.2. The molecule has 0 bridgehead atoms. The second-order valence-electron chi connectivity index (χ2n) is 4.74. The number of guanidine groups is 1. The SMILES string of the molecule is C=CCNC(=NCc1ccc([N+](=O)[O-])cc1)NCCCOCC.I. The third-order valence-electron chi connectivity index (χ3n) is 2.94. The van der Waals surface area contributed by atoms with Crippen molar-refractivity contribution in [3.05, 3.63) is 52.6 Å². The Bertz CT molecular complexity index is 521. The zero-order valence-corrected chi connectivity index (χ0v) is 16.2. The van der Waals surface area contributed by atoms with Gasteiger partial charge >= 0.3 is 0 Å². The summed E-state index contributed by atoms with van der Waals surface area (Å²) in [6, 6.07) is 6.39. The van der Waals surface area contributed by atoms with E-state index in [4.69, 9.17) is 4.74 Å². The highest BCUT2D eigenvalue weighted by molar-refractivity contribution is 14.0. The Morgan fingerprint density at radius 2 is 2.08 bits per heavy atom. The van der Waals surface area contributed by atoms with Crippen molar-refractivity contribution >= 4 is 35.6 Å². The molecule has 1 rings (SSSR count). The van der Waals surface area contributed by atoms with E-state index in [0.717, 1.165) is 25.1 Å². The summed E-state index contributed by atoms with van der Waals surface area (Å²) >= 11 is 0. The van der Waals surface area contributed by atoms with Crippen molar-refractivity contribution in [2.24, 2.45) is 4.99 Å². The Balaban J connectivity index is 0.00000529. The topological polar surface area (TPSA) is 88.8 Å². The summed E-state index contributed by atoms with van der Waals surface area (Å²) < 4.78 is 5.28. The molecule has 0 spiro atoms. The van der Waals surface area contributed by atoms with Gasteiger partial charge in [0.25, 0.3) is 5.69 Å². The number of nitro groups is 1. The zero-order valence-electron chi connectivity index (χ0n) is 13.9. The van der Waals surface area contributed by atoms with Crippen molar-refractivity contribution in [2.45, 2.75) is 19.9 Å². The van der Waals surface area contributed by atoms with Crippen LogP contribution in [0.1, 0.15) is 18.9 Å². The number of aliphatic imine (C=N–C) groups is 1. The molecule has 0 saturated heterocycles. The summed E-state index contributed by atoms with van der Waals surface area (Å²) in [4.78, 5) is 14.7. The van der Waals surface area contributed by atoms with Gasteiger partial charge in [0.05, 0.1) is 11.5 Å². The number of nitrogens with one attached hydrogen (secondary N) is 2. The van der Waals surface area contributed by atoms with Gasteiger partial charge in [-0.25, -0.2) is 4.99 Å². The predicted octanol–water partition coefficient (Wildman–Crippen LogP) is 2.86. The molecule has 1 aromatic carbocycles. The van der Waals surface area contributed by atoms with Crippen LogP contribution in [0.15, 0.2) is 41.9 Å². The molecule has 0 aliphatic rings. The summed E-state index contributed by atoms with van der Waals surface area (Å²) in [5.41, 5.74) is 0.987. The number of ether oxygens (including phenoxy) is 1. The highest BCUT2D eigenvalue weighted by Gasteiger charge is 2.04. The van der Waals surface area contributed by atoms with Gasteiger partial charge in [0.15, 0.2) is 5.96 Å². The van der Waals surface area contributed by atoms with Crippen LogP contribution >= 0.6 is 24.0 Å². The average molecular weight is 448 g/mol. The van der Waals surface area contributed by atoms with Crippen molar-refractivity contribution in [3.63, 3.8) is 0 Å². The van der Waals surface area contributed by atoms with E-state index < -0.39 is 4.92 Å². The first-order valence-electron chi connectivity index (χ1n) is 7.61. The fourth-order valence-corrected chi connectivity index (χ4v) is 1.76. The largest absolute Gasteiger partial charge is 0.382 e. The molecule has 1 aromatic rings. The third kappa shape index (κ3) is 9.46. The van der Waals surface area contributed by atoms with Crippen LogP contribution in [0.3, 0.4) is 0 Å². The zero-order chi connectivity index (χ0) is 16.9. The maximum absolute atomic E-state index is 10.6. The molecular formula is C16H25IN4O3. The first kappa shape index (κ1) is 22.3. The number of nitrogens with zero attached hydrogens (tertiary/aromatic N) is 2. The molecule has 8 heteroatoms. The molecule has 0 unspecified atom stereocenters. The van der Waals surface area contributed by atoms with Crippen LogP contribution in [0.4, 0.5) is 5.69 Å². The van der Waals surface area contributed by atoms with Crippen LogP contribution < -0.4 is 10.6 Å². The second kappa shape index (κ2) is 13.7. The lowest BCUT2D eigenvalue weighted by molar-refractivity contribution is -0.384. The Kier molecular flexibility index (Phi) is 12.8. The van der Waals surface area contributed by atoms with Gasteiger partial charge in [-0.15, -0.1) is 30.6 Å². The van der Waals surface area contributed by atoms with Crippen molar-refractivity contribution in [1.82, 2.24) is 10.6 Å². The molecule has 7 nitrogen and oxygen atoms in total. The molecule has 0 atom stereocenters. The van der Waals surface area contributed by atoms with E-state index in [9.17, 15) is 10.1 Å². The summed E-state index contributed by atoms with van der Waals surface area (Å²) in [5, 5.41) is 17.0. The minimum Gasteiger partial charge on any atom is -0.382 e. The molecule has 24 heavy (non-hydrogen) atoms. The molecule has 134 valence electrons. The van der Waals surface area contributed by atoms with E-state index in [1.54, 1.807) is 18.2 Å². The fraction of sp³-hybridized carbons (Fsp3) is 0.438. The van der Waals surface area contributed by atoms with E-state index in [1.807, 2.05) is 6.92 Å². The lowest BCUT2D eigenvalue weighted by Crippen LogP contribution is -2.38. The summed E-state index contributed by atoms with van der Waals surface area (Å²) in [6.07, 6.45) is 2.64. The lowest BCUT2D eigenvalue weighted by Gasteiger charge is -2.11. The minimum absolute atomic E-state index is 0. The Labute approximate surface area is 159 Å². The monoisotopic (exact) mass is 448 g/mol. The molecule has 0 aliphatic carbocycles. The van der Waals surface area contributed by atoms with Crippen molar-refractivity contribution in [3.8, 4) is 0 Å². The van der Waals surface area contributed by atoms with Gasteiger partial charge in [0, 0.05) is 38.4 Å². The Hall–Kier alpha value is -1.68. The molecular weight excluding hydrogens is 423 g/mol. The number of nitro benzene ring substituents is 1. The molecule has 0 amide bonds. The molecule has 0 aromatic heterocycles. The Morgan fingerprint density at radius 3 is 2.67 bits per heavy atom. The quantitative estimate of drug-likeness (QED) is 0.109. The lowest BCUT2D eigenvalue weighted by atomic mass is 10.2. The highest BCUT2D eigenvalue weighted by Crippen LogP contribution is 2.12. The van der Waals surface area contributed by atoms with Crippen molar-refractivity contribution < 1.29 is 9.66 Å². The van der Waals surface area contributed by atoms with Gasteiger partial charge in [-0.1, -0.05) is 18.2 Å². The van der Waals surface area contributed by atoms with Crippen molar-refractivity contribution in [1.29, 1.82) is 0 Å². The van der Waals surface area contributed by atoms with Gasteiger partial charge in [0.1, 0.15) is 0 Å². The molecule has 0 heterocycles. The number of halogens is 1. The highest BCUT2D eigenvalue weighted by atomic mass is 127. The Morgan fingerprint density at radius 1 is 1.38 bits per heavy atom. The summed E-state index contributed by atoms with van der Waals surface area (Å²) in [6.45, 7) is 8.87. The minimum atomic E-state index is -0.413. The maximum Gasteiger partial charge on any atom is 0.269 e. The van der Waals surface area contributed by atoms with E-state index in [0.29, 0.717) is 25.7 Å². The number of hydrogen-bond donors (Lipinski definition) is 2. The second-order valence-corrected chi connectivity index (χ2v) is 4.74. The molecule has 0 aliphatic heterocycles. The van der Waals surface area contributed by atoms with Gasteiger partial charge in [-0.05, 0) is 18.9 Å².